The van der Waals surface area contributed by atoms with E-state index in [0.717, 1.165) is 29.4 Å². The van der Waals surface area contributed by atoms with E-state index >= 15 is 0 Å². The molecule has 0 spiro atoms. The molecular formula is C22H24N3+. The smallest absolute Gasteiger partial charge is 0.224 e. The molecule has 3 aliphatic rings. The Labute approximate surface area is 149 Å². The number of nitrogens with zero attached hydrogens (tertiary/aromatic N) is 2. The molecule has 0 atom stereocenters. The van der Waals surface area contributed by atoms with E-state index in [1.165, 1.54) is 22.3 Å². The fourth-order valence-corrected chi connectivity index (χ4v) is 3.04. The molecule has 0 saturated carbocycles. The molecule has 0 aromatic carbocycles. The van der Waals surface area contributed by atoms with Crippen molar-refractivity contribution in [1.82, 2.24) is 0 Å². The first-order valence-electron chi connectivity index (χ1n) is 8.58. The molecule has 2 bridgehead atoms. The van der Waals surface area contributed by atoms with Crippen LogP contribution in [0, 0.1) is 0 Å². The van der Waals surface area contributed by atoms with Gasteiger partial charge in [-0.2, -0.15) is 0 Å². The summed E-state index contributed by atoms with van der Waals surface area (Å²) in [6, 6.07) is 0. The predicted octanol–water partition coefficient (Wildman–Crippen LogP) is 3.17. The van der Waals surface area contributed by atoms with Crippen LogP contribution < -0.4 is 4.99 Å². The second-order valence-electron chi connectivity index (χ2n) is 6.30. The fraction of sp³-hybridized carbons (Fsp3) is 0.227. The summed E-state index contributed by atoms with van der Waals surface area (Å²) in [7, 11) is 1.91. The molecule has 0 radical (unpaired) electrons. The third-order valence-electron chi connectivity index (χ3n) is 4.59. The zero-order valence-corrected chi connectivity index (χ0v) is 15.3. The number of nitrogens with one attached hydrogen (secondary N) is 1. The van der Waals surface area contributed by atoms with Crippen LogP contribution in [0.5, 0.6) is 0 Å². The summed E-state index contributed by atoms with van der Waals surface area (Å²) >= 11 is 0. The van der Waals surface area contributed by atoms with E-state index in [0.29, 0.717) is 0 Å². The highest BCUT2D eigenvalue weighted by Gasteiger charge is 2.15. The molecule has 25 heavy (non-hydrogen) atoms. The maximum Gasteiger partial charge on any atom is 0.224 e. The van der Waals surface area contributed by atoms with E-state index in [2.05, 4.69) is 49.2 Å². The topological polar surface area (TPSA) is 38.7 Å². The highest BCUT2D eigenvalue weighted by molar-refractivity contribution is 6.50. The summed E-state index contributed by atoms with van der Waals surface area (Å²) < 4.78 is 0. The Bertz CT molecular complexity index is 892. The second-order valence-corrected chi connectivity index (χ2v) is 6.30. The first kappa shape index (κ1) is 17.0. The second kappa shape index (κ2) is 7.39. The SMILES string of the molecule is C[NH+]=C1C=CC=CC1=NC(C)=NC1=C(C)C(C)=C2C=CC=CC(=C2)C1. The molecule has 0 unspecified atom stereocenters. The number of aliphatic imine (C=N–C) groups is 2. The zero-order chi connectivity index (χ0) is 17.8. The minimum absolute atomic E-state index is 0.768. The molecule has 0 fully saturated rings. The summed E-state index contributed by atoms with van der Waals surface area (Å²) in [5.74, 6) is 0.768. The molecule has 0 aromatic rings. The Hall–Kier alpha value is -2.81. The lowest BCUT2D eigenvalue weighted by atomic mass is 10.0. The lowest BCUT2D eigenvalue weighted by Gasteiger charge is -2.09. The van der Waals surface area contributed by atoms with Gasteiger partial charge in [-0.3, -0.25) is 0 Å². The van der Waals surface area contributed by atoms with Gasteiger partial charge in [0.1, 0.15) is 18.6 Å². The van der Waals surface area contributed by atoms with Gasteiger partial charge in [-0.15, -0.1) is 0 Å². The van der Waals surface area contributed by atoms with Gasteiger partial charge in [-0.1, -0.05) is 42.5 Å². The van der Waals surface area contributed by atoms with Gasteiger partial charge in [-0.25, -0.2) is 15.0 Å². The van der Waals surface area contributed by atoms with E-state index in [-0.39, 0.29) is 0 Å². The summed E-state index contributed by atoms with van der Waals surface area (Å²) in [6.07, 6.45) is 19.6. The van der Waals surface area contributed by atoms with Crippen LogP contribution >= 0.6 is 0 Å². The standard InChI is InChI=1S/C22H23N3/c1-15-16(2)22(14-18-9-5-6-10-19(15)13-18)25-17(3)24-21-12-8-7-11-20(21)23-4/h5-13H,14H2,1-4H3/p+1. The number of allylic oxidation sites excluding steroid dienone is 13. The monoisotopic (exact) mass is 330 g/mol. The molecule has 1 N–H and O–H groups in total. The first-order valence-corrected chi connectivity index (χ1v) is 8.58. The van der Waals surface area contributed by atoms with Crippen LogP contribution in [-0.4, -0.2) is 24.3 Å². The van der Waals surface area contributed by atoms with E-state index in [9.17, 15) is 0 Å². The molecule has 3 aliphatic carbocycles. The van der Waals surface area contributed by atoms with Crippen LogP contribution in [0.2, 0.25) is 0 Å². The summed E-state index contributed by atoms with van der Waals surface area (Å²) in [5.41, 5.74) is 8.05. The van der Waals surface area contributed by atoms with Crippen LogP contribution in [0.15, 0.2) is 92.7 Å². The summed E-state index contributed by atoms with van der Waals surface area (Å²) in [5, 5.41) is 0. The van der Waals surface area contributed by atoms with Crippen molar-refractivity contribution in [3.05, 3.63) is 82.7 Å². The van der Waals surface area contributed by atoms with Crippen LogP contribution in [0.25, 0.3) is 0 Å². The van der Waals surface area contributed by atoms with Gasteiger partial charge < -0.3 is 0 Å². The average molecular weight is 330 g/mol. The number of fused-ring (bicyclic) bond motifs is 1. The van der Waals surface area contributed by atoms with E-state index < -0.39 is 0 Å². The molecular weight excluding hydrogens is 306 g/mol. The highest BCUT2D eigenvalue weighted by atomic mass is 14.9. The first-order chi connectivity index (χ1) is 12.1. The molecule has 3 nitrogen and oxygen atoms in total. The normalized spacial score (nSPS) is 23.5. The van der Waals surface area contributed by atoms with Crippen LogP contribution in [-0.2, 0) is 0 Å². The fourth-order valence-electron chi connectivity index (χ4n) is 3.04. The summed E-state index contributed by atoms with van der Waals surface area (Å²) in [6.45, 7) is 6.28. The molecule has 3 heteroatoms. The Morgan fingerprint density at radius 3 is 2.48 bits per heavy atom. The number of rotatable bonds is 1. The highest BCUT2D eigenvalue weighted by Crippen LogP contribution is 2.31. The maximum absolute atomic E-state index is 4.86. The predicted molar refractivity (Wildman–Crippen MR) is 107 cm³/mol. The summed E-state index contributed by atoms with van der Waals surface area (Å²) in [4.78, 5) is 12.7. The van der Waals surface area contributed by atoms with Gasteiger partial charge in [0.2, 0.25) is 5.71 Å². The van der Waals surface area contributed by atoms with Crippen LogP contribution in [0.1, 0.15) is 27.2 Å². The van der Waals surface area contributed by atoms with Gasteiger partial charge in [0.15, 0.2) is 0 Å². The van der Waals surface area contributed by atoms with Gasteiger partial charge in [0, 0.05) is 12.5 Å². The Kier molecular flexibility index (Phi) is 5.03. The van der Waals surface area contributed by atoms with Crippen molar-refractivity contribution < 1.29 is 4.99 Å². The maximum atomic E-state index is 4.86. The van der Waals surface area contributed by atoms with Crippen molar-refractivity contribution in [2.24, 2.45) is 9.98 Å². The molecule has 0 aromatic heterocycles. The lowest BCUT2D eigenvalue weighted by Crippen LogP contribution is -2.69. The average Bonchev–Trinajstić information content (AvgIpc) is 2.90. The Morgan fingerprint density at radius 2 is 1.68 bits per heavy atom. The zero-order valence-electron chi connectivity index (χ0n) is 15.3. The molecule has 0 amide bonds. The number of amidine groups is 1. The van der Waals surface area contributed by atoms with E-state index in [4.69, 9.17) is 9.98 Å². The number of hydrogen-bond donors (Lipinski definition) is 1. The largest absolute Gasteiger partial charge is 0.243 e. The van der Waals surface area contributed by atoms with Crippen molar-refractivity contribution in [3.8, 4) is 0 Å². The molecule has 0 aliphatic heterocycles. The van der Waals surface area contributed by atoms with E-state index in [1.807, 2.05) is 38.3 Å². The molecule has 0 saturated heterocycles. The quantitative estimate of drug-likeness (QED) is 0.436. The van der Waals surface area contributed by atoms with Crippen molar-refractivity contribution >= 4 is 17.3 Å². The van der Waals surface area contributed by atoms with Crippen molar-refractivity contribution in [3.63, 3.8) is 0 Å². The van der Waals surface area contributed by atoms with Crippen molar-refractivity contribution in [2.45, 2.75) is 27.2 Å². The molecule has 0 heterocycles. The van der Waals surface area contributed by atoms with Gasteiger partial charge in [0.25, 0.3) is 0 Å². The van der Waals surface area contributed by atoms with Gasteiger partial charge in [0.05, 0.1) is 5.70 Å². The lowest BCUT2D eigenvalue weighted by molar-refractivity contribution is -0.416. The third-order valence-corrected chi connectivity index (χ3v) is 4.59. The Morgan fingerprint density at radius 1 is 0.960 bits per heavy atom. The minimum atomic E-state index is 0.768. The third kappa shape index (κ3) is 3.82. The van der Waals surface area contributed by atoms with Crippen LogP contribution in [0.3, 0.4) is 0 Å². The van der Waals surface area contributed by atoms with E-state index in [1.54, 1.807) is 0 Å². The number of hydrogen-bond acceptors (Lipinski definition) is 1. The van der Waals surface area contributed by atoms with Gasteiger partial charge in [-0.05, 0) is 49.1 Å². The molecule has 126 valence electrons. The molecule has 3 rings (SSSR count). The Balaban J connectivity index is 1.99. The minimum Gasteiger partial charge on any atom is -0.243 e. The van der Waals surface area contributed by atoms with Crippen molar-refractivity contribution in [1.29, 1.82) is 0 Å². The van der Waals surface area contributed by atoms with Gasteiger partial charge >= 0.3 is 0 Å². The van der Waals surface area contributed by atoms with Crippen LogP contribution in [0.4, 0.5) is 0 Å². The van der Waals surface area contributed by atoms with Crippen molar-refractivity contribution in [2.75, 3.05) is 7.05 Å².